The predicted octanol–water partition coefficient (Wildman–Crippen LogP) is 2.36. The van der Waals surface area contributed by atoms with E-state index in [-0.39, 0.29) is 19.4 Å². The highest BCUT2D eigenvalue weighted by molar-refractivity contribution is 5.70. The standard InChI is InChI=1S/C18H28O5/c1-13-5-7-14(8-6-13)11-22-12-16(20)9-15(19)10-17(21)23-18(2,3)4/h5-8,15-16,19-20H,9-12H2,1-4H3/t15-,16+/m1/s1. The molecule has 0 aliphatic carbocycles. The molecule has 5 heteroatoms. The van der Waals surface area contributed by atoms with Gasteiger partial charge in [0.1, 0.15) is 5.60 Å². The Balaban J connectivity index is 2.23. The molecule has 0 saturated carbocycles. The highest BCUT2D eigenvalue weighted by Crippen LogP contribution is 2.12. The number of esters is 1. The van der Waals surface area contributed by atoms with Crippen molar-refractivity contribution in [3.05, 3.63) is 35.4 Å². The molecule has 1 aromatic carbocycles. The monoisotopic (exact) mass is 324 g/mol. The van der Waals surface area contributed by atoms with Crippen LogP contribution in [-0.2, 0) is 20.9 Å². The Kier molecular flexibility index (Phi) is 7.68. The minimum Gasteiger partial charge on any atom is -0.460 e. The molecule has 0 aliphatic heterocycles. The van der Waals surface area contributed by atoms with Gasteiger partial charge in [-0.2, -0.15) is 0 Å². The molecule has 1 rings (SSSR count). The smallest absolute Gasteiger partial charge is 0.308 e. The number of hydrogen-bond acceptors (Lipinski definition) is 5. The Morgan fingerprint density at radius 2 is 1.74 bits per heavy atom. The van der Waals surface area contributed by atoms with Crippen molar-refractivity contribution < 1.29 is 24.5 Å². The third-order valence-electron chi connectivity index (χ3n) is 3.07. The maximum absolute atomic E-state index is 11.6. The van der Waals surface area contributed by atoms with Crippen LogP contribution in [0.25, 0.3) is 0 Å². The minimum absolute atomic E-state index is 0.0765. The lowest BCUT2D eigenvalue weighted by Crippen LogP contribution is -2.29. The topological polar surface area (TPSA) is 76.0 Å². The molecule has 5 nitrogen and oxygen atoms in total. The molecule has 0 aliphatic rings. The van der Waals surface area contributed by atoms with Gasteiger partial charge in [-0.25, -0.2) is 0 Å². The van der Waals surface area contributed by atoms with E-state index in [0.29, 0.717) is 6.61 Å². The number of benzene rings is 1. The van der Waals surface area contributed by atoms with Crippen molar-refractivity contribution >= 4 is 5.97 Å². The van der Waals surface area contributed by atoms with Crippen LogP contribution in [0.2, 0.25) is 0 Å². The molecule has 0 amide bonds. The van der Waals surface area contributed by atoms with E-state index in [0.717, 1.165) is 5.56 Å². The molecule has 130 valence electrons. The Morgan fingerprint density at radius 3 is 2.30 bits per heavy atom. The lowest BCUT2D eigenvalue weighted by Gasteiger charge is -2.21. The molecule has 0 spiro atoms. The number of rotatable bonds is 8. The van der Waals surface area contributed by atoms with E-state index in [1.807, 2.05) is 31.2 Å². The van der Waals surface area contributed by atoms with Crippen LogP contribution in [0.4, 0.5) is 0 Å². The zero-order valence-electron chi connectivity index (χ0n) is 14.4. The first kappa shape index (κ1) is 19.6. The molecule has 2 N–H and O–H groups in total. The number of aliphatic hydroxyl groups excluding tert-OH is 2. The van der Waals surface area contributed by atoms with E-state index in [1.165, 1.54) is 5.56 Å². The zero-order valence-corrected chi connectivity index (χ0v) is 14.4. The first-order chi connectivity index (χ1) is 10.7. The molecule has 0 fully saturated rings. The number of ether oxygens (including phenoxy) is 2. The lowest BCUT2D eigenvalue weighted by atomic mass is 10.1. The summed E-state index contributed by atoms with van der Waals surface area (Å²) in [5.41, 5.74) is 1.63. The van der Waals surface area contributed by atoms with Gasteiger partial charge in [0.2, 0.25) is 0 Å². The summed E-state index contributed by atoms with van der Waals surface area (Å²) in [5, 5.41) is 19.7. The molecular formula is C18H28O5. The van der Waals surface area contributed by atoms with E-state index < -0.39 is 23.8 Å². The highest BCUT2D eigenvalue weighted by atomic mass is 16.6. The second kappa shape index (κ2) is 9.01. The first-order valence-corrected chi connectivity index (χ1v) is 7.87. The van der Waals surface area contributed by atoms with Crippen molar-refractivity contribution in [1.82, 2.24) is 0 Å². The van der Waals surface area contributed by atoms with Crippen LogP contribution in [0.15, 0.2) is 24.3 Å². The summed E-state index contributed by atoms with van der Waals surface area (Å²) in [7, 11) is 0. The predicted molar refractivity (Wildman–Crippen MR) is 87.9 cm³/mol. The molecule has 0 bridgehead atoms. The van der Waals surface area contributed by atoms with Gasteiger partial charge in [0.05, 0.1) is 31.8 Å². The van der Waals surface area contributed by atoms with Gasteiger partial charge in [0.15, 0.2) is 0 Å². The van der Waals surface area contributed by atoms with E-state index in [4.69, 9.17) is 9.47 Å². The summed E-state index contributed by atoms with van der Waals surface area (Å²) < 4.78 is 10.6. The lowest BCUT2D eigenvalue weighted by molar-refractivity contribution is -0.157. The van der Waals surface area contributed by atoms with Gasteiger partial charge < -0.3 is 19.7 Å². The molecule has 2 atom stereocenters. The van der Waals surface area contributed by atoms with Gasteiger partial charge in [-0.15, -0.1) is 0 Å². The quantitative estimate of drug-likeness (QED) is 0.718. The van der Waals surface area contributed by atoms with Crippen LogP contribution in [0.5, 0.6) is 0 Å². The van der Waals surface area contributed by atoms with Gasteiger partial charge in [0, 0.05) is 6.42 Å². The number of aliphatic hydroxyl groups is 2. The normalized spacial score (nSPS) is 14.3. The minimum atomic E-state index is -0.942. The van der Waals surface area contributed by atoms with Crippen molar-refractivity contribution in [2.75, 3.05) is 6.61 Å². The van der Waals surface area contributed by atoms with Gasteiger partial charge in [-0.3, -0.25) is 4.79 Å². The second-order valence-corrected chi connectivity index (χ2v) is 6.83. The SMILES string of the molecule is Cc1ccc(COC[C@@H](O)C[C@@H](O)CC(=O)OC(C)(C)C)cc1. The molecule has 1 aromatic rings. The molecule has 0 unspecified atom stereocenters. The van der Waals surface area contributed by atoms with Gasteiger partial charge in [-0.1, -0.05) is 29.8 Å². The van der Waals surface area contributed by atoms with Crippen LogP contribution in [0.3, 0.4) is 0 Å². The second-order valence-electron chi connectivity index (χ2n) is 6.83. The third-order valence-corrected chi connectivity index (χ3v) is 3.07. The van der Waals surface area contributed by atoms with Crippen LogP contribution >= 0.6 is 0 Å². The van der Waals surface area contributed by atoms with E-state index in [2.05, 4.69) is 0 Å². The molecule has 0 radical (unpaired) electrons. The van der Waals surface area contributed by atoms with Crippen molar-refractivity contribution in [3.8, 4) is 0 Å². The van der Waals surface area contributed by atoms with Crippen LogP contribution < -0.4 is 0 Å². The fourth-order valence-electron chi connectivity index (χ4n) is 2.04. The van der Waals surface area contributed by atoms with Gasteiger partial charge >= 0.3 is 5.97 Å². The van der Waals surface area contributed by atoms with Gasteiger partial charge in [-0.05, 0) is 33.3 Å². The Bertz CT molecular complexity index is 475. The maximum Gasteiger partial charge on any atom is 0.308 e. The summed E-state index contributed by atoms with van der Waals surface area (Å²) in [6, 6.07) is 7.94. The maximum atomic E-state index is 11.6. The third kappa shape index (κ3) is 9.33. The number of carbonyl (C=O) groups excluding carboxylic acids is 1. The molecule has 0 heterocycles. The Morgan fingerprint density at radius 1 is 1.13 bits per heavy atom. The summed E-state index contributed by atoms with van der Waals surface area (Å²) in [6.45, 7) is 7.83. The summed E-state index contributed by atoms with van der Waals surface area (Å²) >= 11 is 0. The average molecular weight is 324 g/mol. The van der Waals surface area contributed by atoms with E-state index in [9.17, 15) is 15.0 Å². The van der Waals surface area contributed by atoms with E-state index in [1.54, 1.807) is 20.8 Å². The van der Waals surface area contributed by atoms with Crippen LogP contribution in [0, 0.1) is 6.92 Å². The molecule has 0 aromatic heterocycles. The summed E-state index contributed by atoms with van der Waals surface area (Å²) in [5.74, 6) is -0.474. The average Bonchev–Trinajstić information content (AvgIpc) is 2.38. The molecule has 23 heavy (non-hydrogen) atoms. The fraction of sp³-hybridized carbons (Fsp3) is 0.611. The highest BCUT2D eigenvalue weighted by Gasteiger charge is 2.21. The van der Waals surface area contributed by atoms with Crippen molar-refractivity contribution in [1.29, 1.82) is 0 Å². The van der Waals surface area contributed by atoms with Crippen LogP contribution in [-0.4, -0.2) is 40.6 Å². The summed E-state index contributed by atoms with van der Waals surface area (Å²) in [4.78, 5) is 11.6. The van der Waals surface area contributed by atoms with Crippen molar-refractivity contribution in [3.63, 3.8) is 0 Å². The number of aryl methyl sites for hydroxylation is 1. The fourth-order valence-corrected chi connectivity index (χ4v) is 2.04. The number of carbonyl (C=O) groups is 1. The van der Waals surface area contributed by atoms with Crippen molar-refractivity contribution in [2.45, 2.75) is 65.0 Å². The van der Waals surface area contributed by atoms with Gasteiger partial charge in [0.25, 0.3) is 0 Å². The largest absolute Gasteiger partial charge is 0.460 e. The first-order valence-electron chi connectivity index (χ1n) is 7.87. The zero-order chi connectivity index (χ0) is 17.5. The number of hydrogen-bond donors (Lipinski definition) is 2. The Hall–Kier alpha value is -1.43. The Labute approximate surface area is 138 Å². The van der Waals surface area contributed by atoms with Crippen LogP contribution in [0.1, 0.15) is 44.7 Å². The summed E-state index contributed by atoms with van der Waals surface area (Å²) in [6.07, 6.45) is -1.82. The molecular weight excluding hydrogens is 296 g/mol. The molecule has 0 saturated heterocycles. The van der Waals surface area contributed by atoms with E-state index >= 15 is 0 Å². The van der Waals surface area contributed by atoms with Crippen molar-refractivity contribution in [2.24, 2.45) is 0 Å².